The largest absolute Gasteiger partial charge is 0.481 e. The quantitative estimate of drug-likeness (QED) is 0.788. The molecule has 1 heterocycles. The highest BCUT2D eigenvalue weighted by atomic mass is 19.1. The van der Waals surface area contributed by atoms with Gasteiger partial charge in [0.05, 0.1) is 6.54 Å². The maximum absolute atomic E-state index is 13.5. The first-order chi connectivity index (χ1) is 13.6. The summed E-state index contributed by atoms with van der Waals surface area (Å²) in [7, 11) is 0. The maximum Gasteiger partial charge on any atom is 0.260 e. The average Bonchev–Trinajstić information content (AvgIpc) is 2.73. The molecule has 1 fully saturated rings. The standard InChI is InChI=1S/C21H24FN3O3/c22-18-8-4-5-9-19(18)28-16-21(27)25-12-10-24(11-13-25)15-20(26)23-14-17-6-2-1-3-7-17/h1-9H,10-16H2,(H,23,26). The molecule has 0 spiro atoms. The van der Waals surface area contributed by atoms with Gasteiger partial charge in [-0.3, -0.25) is 14.5 Å². The van der Waals surface area contributed by atoms with E-state index in [1.807, 2.05) is 35.2 Å². The van der Waals surface area contributed by atoms with Crippen molar-refractivity contribution in [3.05, 3.63) is 66.0 Å². The minimum atomic E-state index is -0.485. The van der Waals surface area contributed by atoms with Crippen LogP contribution >= 0.6 is 0 Å². The third kappa shape index (κ3) is 5.79. The molecule has 1 aliphatic rings. The number of hydrogen-bond acceptors (Lipinski definition) is 4. The number of nitrogens with zero attached hydrogens (tertiary/aromatic N) is 2. The average molecular weight is 385 g/mol. The van der Waals surface area contributed by atoms with Crippen LogP contribution in [0, 0.1) is 5.82 Å². The number of benzene rings is 2. The lowest BCUT2D eigenvalue weighted by Gasteiger charge is -2.34. The van der Waals surface area contributed by atoms with E-state index in [1.54, 1.807) is 17.0 Å². The van der Waals surface area contributed by atoms with E-state index in [0.717, 1.165) is 5.56 Å². The Morgan fingerprint density at radius 2 is 1.64 bits per heavy atom. The second kappa shape index (κ2) is 9.85. The van der Waals surface area contributed by atoms with Gasteiger partial charge >= 0.3 is 0 Å². The van der Waals surface area contributed by atoms with Crippen LogP contribution in [0.25, 0.3) is 0 Å². The Balaban J connectivity index is 1.36. The van der Waals surface area contributed by atoms with Gasteiger partial charge in [-0.15, -0.1) is 0 Å². The van der Waals surface area contributed by atoms with Gasteiger partial charge in [0.1, 0.15) is 0 Å². The van der Waals surface area contributed by atoms with Crippen LogP contribution in [0.5, 0.6) is 5.75 Å². The number of nitrogens with one attached hydrogen (secondary N) is 1. The lowest BCUT2D eigenvalue weighted by atomic mass is 10.2. The summed E-state index contributed by atoms with van der Waals surface area (Å²) in [5.74, 6) is -0.630. The molecule has 0 aromatic heterocycles. The molecule has 2 aromatic carbocycles. The fourth-order valence-electron chi connectivity index (χ4n) is 3.00. The molecule has 0 saturated carbocycles. The van der Waals surface area contributed by atoms with Crippen molar-refractivity contribution >= 4 is 11.8 Å². The zero-order valence-corrected chi connectivity index (χ0v) is 15.6. The molecule has 2 amide bonds. The normalized spacial score (nSPS) is 14.5. The predicted molar refractivity (Wildman–Crippen MR) is 103 cm³/mol. The number of para-hydroxylation sites is 1. The monoisotopic (exact) mass is 385 g/mol. The molecule has 1 saturated heterocycles. The first-order valence-corrected chi connectivity index (χ1v) is 9.30. The van der Waals surface area contributed by atoms with Gasteiger partial charge in [-0.05, 0) is 17.7 Å². The van der Waals surface area contributed by atoms with E-state index < -0.39 is 5.82 Å². The first kappa shape index (κ1) is 19.8. The van der Waals surface area contributed by atoms with Crippen molar-refractivity contribution in [2.24, 2.45) is 0 Å². The number of piperazine rings is 1. The van der Waals surface area contributed by atoms with Crippen molar-refractivity contribution in [3.8, 4) is 5.75 Å². The molecular weight excluding hydrogens is 361 g/mol. The van der Waals surface area contributed by atoms with Crippen LogP contribution in [-0.2, 0) is 16.1 Å². The molecule has 7 heteroatoms. The van der Waals surface area contributed by atoms with Crippen LogP contribution in [0.2, 0.25) is 0 Å². The Morgan fingerprint density at radius 3 is 2.36 bits per heavy atom. The molecule has 2 aromatic rings. The number of carbonyl (C=O) groups is 2. The Labute approximate surface area is 163 Å². The highest BCUT2D eigenvalue weighted by molar-refractivity contribution is 5.79. The van der Waals surface area contributed by atoms with Gasteiger partial charge in [0.2, 0.25) is 5.91 Å². The lowest BCUT2D eigenvalue weighted by Crippen LogP contribution is -2.52. The van der Waals surface area contributed by atoms with E-state index in [1.165, 1.54) is 12.1 Å². The maximum atomic E-state index is 13.5. The molecule has 148 valence electrons. The second-order valence-corrected chi connectivity index (χ2v) is 6.64. The van der Waals surface area contributed by atoms with E-state index in [2.05, 4.69) is 5.32 Å². The Bertz CT molecular complexity index is 792. The molecule has 0 radical (unpaired) electrons. The van der Waals surface area contributed by atoms with Crippen LogP contribution in [0.3, 0.4) is 0 Å². The fraction of sp³-hybridized carbons (Fsp3) is 0.333. The molecule has 1 N–H and O–H groups in total. The van der Waals surface area contributed by atoms with E-state index in [9.17, 15) is 14.0 Å². The number of carbonyl (C=O) groups excluding carboxylic acids is 2. The Kier molecular flexibility index (Phi) is 6.97. The summed E-state index contributed by atoms with van der Waals surface area (Å²) in [6.07, 6.45) is 0. The van der Waals surface area contributed by atoms with Crippen molar-refractivity contribution in [2.45, 2.75) is 6.54 Å². The smallest absolute Gasteiger partial charge is 0.260 e. The zero-order valence-electron chi connectivity index (χ0n) is 15.6. The van der Waals surface area contributed by atoms with Gasteiger partial charge in [-0.25, -0.2) is 4.39 Å². The van der Waals surface area contributed by atoms with E-state index in [-0.39, 0.29) is 24.2 Å². The van der Waals surface area contributed by atoms with Crippen molar-refractivity contribution in [3.63, 3.8) is 0 Å². The minimum Gasteiger partial charge on any atom is -0.481 e. The first-order valence-electron chi connectivity index (χ1n) is 9.30. The highest BCUT2D eigenvalue weighted by Crippen LogP contribution is 2.15. The van der Waals surface area contributed by atoms with Crippen molar-refractivity contribution in [1.82, 2.24) is 15.1 Å². The number of amides is 2. The van der Waals surface area contributed by atoms with Crippen LogP contribution in [-0.4, -0.2) is 60.9 Å². The van der Waals surface area contributed by atoms with Crippen LogP contribution in [0.4, 0.5) is 4.39 Å². The minimum absolute atomic E-state index is 0.0356. The lowest BCUT2D eigenvalue weighted by molar-refractivity contribution is -0.135. The number of ether oxygens (including phenoxy) is 1. The molecule has 0 unspecified atom stereocenters. The predicted octanol–water partition coefficient (Wildman–Crippen LogP) is 1.67. The van der Waals surface area contributed by atoms with Gasteiger partial charge in [-0.2, -0.15) is 0 Å². The number of rotatable bonds is 7. The van der Waals surface area contributed by atoms with Gasteiger partial charge in [0.25, 0.3) is 5.91 Å². The molecule has 0 bridgehead atoms. The molecule has 6 nitrogen and oxygen atoms in total. The SMILES string of the molecule is O=C(CN1CCN(C(=O)COc2ccccc2F)CC1)NCc1ccccc1. The van der Waals surface area contributed by atoms with Gasteiger partial charge in [0, 0.05) is 32.7 Å². The Hall–Kier alpha value is -2.93. The molecule has 0 atom stereocenters. The van der Waals surface area contributed by atoms with Crippen LogP contribution in [0.1, 0.15) is 5.56 Å². The number of hydrogen-bond donors (Lipinski definition) is 1. The Morgan fingerprint density at radius 1 is 0.964 bits per heavy atom. The summed E-state index contributed by atoms with van der Waals surface area (Å²) >= 11 is 0. The van der Waals surface area contributed by atoms with E-state index in [4.69, 9.17) is 4.74 Å². The van der Waals surface area contributed by atoms with Gasteiger partial charge in [0.15, 0.2) is 18.2 Å². The van der Waals surface area contributed by atoms with Gasteiger partial charge < -0.3 is 15.0 Å². The summed E-state index contributed by atoms with van der Waals surface area (Å²) < 4.78 is 18.8. The molecule has 3 rings (SSSR count). The highest BCUT2D eigenvalue weighted by Gasteiger charge is 2.22. The third-order valence-corrected chi connectivity index (χ3v) is 4.61. The van der Waals surface area contributed by atoms with Gasteiger partial charge in [-0.1, -0.05) is 42.5 Å². The second-order valence-electron chi connectivity index (χ2n) is 6.64. The fourth-order valence-corrected chi connectivity index (χ4v) is 3.00. The van der Waals surface area contributed by atoms with Crippen molar-refractivity contribution < 1.29 is 18.7 Å². The van der Waals surface area contributed by atoms with E-state index >= 15 is 0 Å². The summed E-state index contributed by atoms with van der Waals surface area (Å²) in [6, 6.07) is 15.8. The molecule has 1 aliphatic heterocycles. The summed E-state index contributed by atoms with van der Waals surface area (Å²) in [4.78, 5) is 28.0. The summed E-state index contributed by atoms with van der Waals surface area (Å²) in [5, 5.41) is 2.91. The summed E-state index contributed by atoms with van der Waals surface area (Å²) in [5.41, 5.74) is 1.06. The third-order valence-electron chi connectivity index (χ3n) is 4.61. The summed E-state index contributed by atoms with van der Waals surface area (Å²) in [6.45, 7) is 2.88. The van der Waals surface area contributed by atoms with E-state index in [0.29, 0.717) is 39.3 Å². The topological polar surface area (TPSA) is 61.9 Å². The van der Waals surface area contributed by atoms with Crippen LogP contribution in [0.15, 0.2) is 54.6 Å². The zero-order chi connectivity index (χ0) is 19.8. The van der Waals surface area contributed by atoms with Crippen molar-refractivity contribution in [2.75, 3.05) is 39.3 Å². The molecule has 28 heavy (non-hydrogen) atoms. The molecular formula is C21H24FN3O3. The van der Waals surface area contributed by atoms with Crippen LogP contribution < -0.4 is 10.1 Å². The van der Waals surface area contributed by atoms with Crippen molar-refractivity contribution in [1.29, 1.82) is 0 Å². The number of halogens is 1. The molecule has 0 aliphatic carbocycles.